The molecule has 0 aromatic heterocycles. The zero-order chi connectivity index (χ0) is 26.2. The van der Waals surface area contributed by atoms with Gasteiger partial charge in [-0.15, -0.1) is 0 Å². The molecule has 0 spiro atoms. The summed E-state index contributed by atoms with van der Waals surface area (Å²) in [5.74, 6) is -1.40. The van der Waals surface area contributed by atoms with Crippen LogP contribution in [0.5, 0.6) is 0 Å². The van der Waals surface area contributed by atoms with Gasteiger partial charge in [0.25, 0.3) is 0 Å². The molecular formula is C25H31BrF3N3O3. The van der Waals surface area contributed by atoms with Gasteiger partial charge in [-0.25, -0.2) is 0 Å². The number of aliphatic hydroxyl groups is 1. The van der Waals surface area contributed by atoms with E-state index in [2.05, 4.69) is 37.9 Å². The molecule has 2 rings (SSSR count). The van der Waals surface area contributed by atoms with Gasteiger partial charge in [0.05, 0.1) is 17.7 Å². The van der Waals surface area contributed by atoms with Crippen molar-refractivity contribution in [2.45, 2.75) is 64.9 Å². The first-order valence-electron chi connectivity index (χ1n) is 11.3. The summed E-state index contributed by atoms with van der Waals surface area (Å²) < 4.78 is 39.1. The van der Waals surface area contributed by atoms with Gasteiger partial charge in [0.15, 0.2) is 0 Å². The maximum absolute atomic E-state index is 13.0. The van der Waals surface area contributed by atoms with Crippen LogP contribution < -0.4 is 16.0 Å². The lowest BCUT2D eigenvalue weighted by atomic mass is 10.0. The zero-order valence-electron chi connectivity index (χ0n) is 19.9. The van der Waals surface area contributed by atoms with Gasteiger partial charge < -0.3 is 21.1 Å². The molecule has 0 heterocycles. The molecule has 2 atom stereocenters. The van der Waals surface area contributed by atoms with Crippen molar-refractivity contribution in [3.05, 3.63) is 63.1 Å². The van der Waals surface area contributed by atoms with E-state index >= 15 is 0 Å². The average molecular weight is 558 g/mol. The van der Waals surface area contributed by atoms with Crippen molar-refractivity contribution in [2.75, 3.05) is 11.9 Å². The van der Waals surface area contributed by atoms with Gasteiger partial charge in [-0.05, 0) is 49.6 Å². The van der Waals surface area contributed by atoms with Gasteiger partial charge in [0.2, 0.25) is 11.8 Å². The van der Waals surface area contributed by atoms with Gasteiger partial charge in [0.1, 0.15) is 6.42 Å². The number of benzene rings is 2. The van der Waals surface area contributed by atoms with Crippen LogP contribution in [0.25, 0.3) is 0 Å². The molecule has 10 heteroatoms. The van der Waals surface area contributed by atoms with Crippen LogP contribution in [0.2, 0.25) is 0 Å². The van der Waals surface area contributed by atoms with Crippen molar-refractivity contribution in [3.63, 3.8) is 0 Å². The van der Waals surface area contributed by atoms with Gasteiger partial charge in [-0.3, -0.25) is 9.59 Å². The van der Waals surface area contributed by atoms with E-state index in [1.807, 2.05) is 32.9 Å². The Morgan fingerprint density at radius 2 is 1.80 bits per heavy atom. The van der Waals surface area contributed by atoms with E-state index in [0.29, 0.717) is 19.4 Å². The molecule has 2 amide bonds. The van der Waals surface area contributed by atoms with Gasteiger partial charge in [0, 0.05) is 23.2 Å². The standard InChI is InChI=1S/C25H31BrF3N3O3/c1-4-5-22(33)21(14-30-13-17-7-6-15(2)8-16(17)3)32-24(35)12-23(34)31-20-10-18(25(27,28)29)9-19(26)11-20/h6-11,21-22,30,33H,4-5,12-14H2,1-3H3,(H,31,34)(H,32,35)/t21-,22-/m0/s1. The lowest BCUT2D eigenvalue weighted by molar-refractivity contribution is -0.137. The minimum Gasteiger partial charge on any atom is -0.391 e. The number of rotatable bonds is 11. The highest BCUT2D eigenvalue weighted by Crippen LogP contribution is 2.33. The monoisotopic (exact) mass is 557 g/mol. The topological polar surface area (TPSA) is 90.5 Å². The molecule has 0 saturated carbocycles. The number of anilines is 1. The molecule has 4 N–H and O–H groups in total. The fourth-order valence-electron chi connectivity index (χ4n) is 3.62. The Labute approximate surface area is 211 Å². The summed E-state index contributed by atoms with van der Waals surface area (Å²) >= 11 is 2.99. The first-order valence-corrected chi connectivity index (χ1v) is 12.1. The fraction of sp³-hybridized carbons (Fsp3) is 0.440. The van der Waals surface area contributed by atoms with Crippen LogP contribution >= 0.6 is 15.9 Å². The third kappa shape index (κ3) is 9.62. The van der Waals surface area contributed by atoms with Crippen LogP contribution in [0, 0.1) is 13.8 Å². The van der Waals surface area contributed by atoms with Crippen LogP contribution in [-0.2, 0) is 22.3 Å². The maximum Gasteiger partial charge on any atom is 0.416 e. The normalized spacial score (nSPS) is 13.3. The van der Waals surface area contributed by atoms with E-state index in [1.54, 1.807) is 0 Å². The second kappa shape index (κ2) is 13.0. The highest BCUT2D eigenvalue weighted by atomic mass is 79.9. The molecule has 0 radical (unpaired) electrons. The maximum atomic E-state index is 13.0. The van der Waals surface area contributed by atoms with Gasteiger partial charge in [-0.2, -0.15) is 13.2 Å². The Morgan fingerprint density at radius 1 is 1.09 bits per heavy atom. The highest BCUT2D eigenvalue weighted by Gasteiger charge is 2.31. The molecule has 0 aliphatic heterocycles. The number of alkyl halides is 3. The molecule has 0 unspecified atom stereocenters. The predicted octanol–water partition coefficient (Wildman–Crippen LogP) is 4.85. The number of aryl methyl sites for hydroxylation is 2. The number of halogens is 4. The van der Waals surface area contributed by atoms with Gasteiger partial charge >= 0.3 is 6.18 Å². The third-order valence-corrected chi connectivity index (χ3v) is 5.86. The molecule has 35 heavy (non-hydrogen) atoms. The van der Waals surface area contributed by atoms with Crippen molar-refractivity contribution < 1.29 is 27.9 Å². The smallest absolute Gasteiger partial charge is 0.391 e. The molecular weight excluding hydrogens is 527 g/mol. The van der Waals surface area contributed by atoms with Crippen molar-refractivity contribution in [1.29, 1.82) is 0 Å². The second-order valence-electron chi connectivity index (χ2n) is 8.54. The summed E-state index contributed by atoms with van der Waals surface area (Å²) in [5.41, 5.74) is 2.37. The van der Waals surface area contributed by atoms with Crippen molar-refractivity contribution in [1.82, 2.24) is 10.6 Å². The van der Waals surface area contributed by atoms with E-state index in [4.69, 9.17) is 0 Å². The van der Waals surface area contributed by atoms with Crippen LogP contribution in [0.4, 0.5) is 18.9 Å². The second-order valence-corrected chi connectivity index (χ2v) is 9.46. The SMILES string of the molecule is CCC[C@H](O)[C@H](CNCc1ccc(C)cc1C)NC(=O)CC(=O)Nc1cc(Br)cc(C(F)(F)F)c1. The zero-order valence-corrected chi connectivity index (χ0v) is 21.5. The highest BCUT2D eigenvalue weighted by molar-refractivity contribution is 9.10. The number of aliphatic hydroxyl groups excluding tert-OH is 1. The minimum absolute atomic E-state index is 0.0813. The van der Waals surface area contributed by atoms with E-state index in [0.717, 1.165) is 28.8 Å². The van der Waals surface area contributed by atoms with E-state index in [-0.39, 0.29) is 16.7 Å². The quantitative estimate of drug-likeness (QED) is 0.297. The fourth-order valence-corrected chi connectivity index (χ4v) is 4.11. The predicted molar refractivity (Wildman–Crippen MR) is 133 cm³/mol. The molecule has 2 aromatic carbocycles. The lowest BCUT2D eigenvalue weighted by Gasteiger charge is -2.24. The summed E-state index contributed by atoms with van der Waals surface area (Å²) in [4.78, 5) is 24.8. The Balaban J connectivity index is 1.96. The summed E-state index contributed by atoms with van der Waals surface area (Å²) in [6, 6.07) is 8.47. The molecule has 0 bridgehead atoms. The molecule has 2 aromatic rings. The van der Waals surface area contributed by atoms with Crippen LogP contribution in [-0.4, -0.2) is 35.6 Å². The molecule has 0 fully saturated rings. The van der Waals surface area contributed by atoms with Crippen LogP contribution in [0.3, 0.4) is 0 Å². The summed E-state index contributed by atoms with van der Waals surface area (Å²) in [6.45, 7) is 6.76. The van der Waals surface area contributed by atoms with Gasteiger partial charge in [-0.1, -0.05) is 53.0 Å². The third-order valence-electron chi connectivity index (χ3n) is 5.40. The Kier molecular flexibility index (Phi) is 10.7. The van der Waals surface area contributed by atoms with Crippen molar-refractivity contribution >= 4 is 33.4 Å². The van der Waals surface area contributed by atoms with E-state index < -0.39 is 42.1 Å². The number of nitrogens with one attached hydrogen (secondary N) is 3. The Bertz CT molecular complexity index is 1030. The lowest BCUT2D eigenvalue weighted by Crippen LogP contribution is -2.49. The van der Waals surface area contributed by atoms with Crippen LogP contribution in [0.1, 0.15) is 48.4 Å². The summed E-state index contributed by atoms with van der Waals surface area (Å²) in [7, 11) is 0. The number of hydrogen-bond donors (Lipinski definition) is 4. The Hall–Kier alpha value is -2.43. The summed E-state index contributed by atoms with van der Waals surface area (Å²) in [6.07, 6.45) is -4.83. The van der Waals surface area contributed by atoms with E-state index in [9.17, 15) is 27.9 Å². The van der Waals surface area contributed by atoms with Crippen molar-refractivity contribution in [3.8, 4) is 0 Å². The number of carbonyl (C=O) groups is 2. The largest absolute Gasteiger partial charge is 0.416 e. The van der Waals surface area contributed by atoms with E-state index in [1.165, 1.54) is 6.07 Å². The first-order chi connectivity index (χ1) is 16.4. The molecule has 0 saturated heterocycles. The Morgan fingerprint density at radius 3 is 2.43 bits per heavy atom. The molecule has 6 nitrogen and oxygen atoms in total. The molecule has 192 valence electrons. The molecule has 0 aliphatic carbocycles. The first kappa shape index (κ1) is 28.8. The summed E-state index contributed by atoms with van der Waals surface area (Å²) in [5, 5.41) is 18.7. The number of amides is 2. The number of hydrogen-bond acceptors (Lipinski definition) is 4. The van der Waals surface area contributed by atoms with Crippen molar-refractivity contribution in [2.24, 2.45) is 0 Å². The molecule has 0 aliphatic rings. The number of carbonyl (C=O) groups excluding carboxylic acids is 2. The average Bonchev–Trinajstić information content (AvgIpc) is 2.73. The van der Waals surface area contributed by atoms with Crippen LogP contribution in [0.15, 0.2) is 40.9 Å². The minimum atomic E-state index is -4.58.